The highest BCUT2D eigenvalue weighted by atomic mass is 32.1. The summed E-state index contributed by atoms with van der Waals surface area (Å²) in [6, 6.07) is -0.286. The second kappa shape index (κ2) is 5.39. The second-order valence-electron chi connectivity index (χ2n) is 3.50. The number of imidazole rings is 1. The topological polar surface area (TPSA) is 84.7 Å². The van der Waals surface area contributed by atoms with Gasteiger partial charge in [-0.2, -0.15) is 0 Å². The molecule has 0 aliphatic carbocycles. The number of nitrogens with zero attached hydrogens (tertiary/aromatic N) is 4. The van der Waals surface area contributed by atoms with Crippen molar-refractivity contribution in [2.45, 2.75) is 19.5 Å². The SMILES string of the molecule is C[C@H](Cn1ccnc1)NC(=O)Nc1nncs1. The third-order valence-electron chi connectivity index (χ3n) is 2.00. The molecule has 0 saturated heterocycles. The van der Waals surface area contributed by atoms with Gasteiger partial charge in [0, 0.05) is 25.0 Å². The Kier molecular flexibility index (Phi) is 3.66. The van der Waals surface area contributed by atoms with Gasteiger partial charge in [0.2, 0.25) is 5.13 Å². The molecule has 2 aromatic heterocycles. The summed E-state index contributed by atoms with van der Waals surface area (Å²) < 4.78 is 1.90. The highest BCUT2D eigenvalue weighted by Crippen LogP contribution is 2.07. The summed E-state index contributed by atoms with van der Waals surface area (Å²) in [6.45, 7) is 2.59. The molecule has 8 heteroatoms. The normalized spacial score (nSPS) is 12.1. The molecule has 1 atom stereocenters. The molecular weight excluding hydrogens is 240 g/mol. The monoisotopic (exact) mass is 252 g/mol. The Morgan fingerprint density at radius 2 is 2.53 bits per heavy atom. The van der Waals surface area contributed by atoms with Crippen LogP contribution in [0.4, 0.5) is 9.93 Å². The van der Waals surface area contributed by atoms with Crippen molar-refractivity contribution in [1.82, 2.24) is 25.1 Å². The zero-order valence-electron chi connectivity index (χ0n) is 9.20. The van der Waals surface area contributed by atoms with E-state index in [0.29, 0.717) is 11.7 Å². The Labute approximate surface area is 102 Å². The first kappa shape index (κ1) is 11.5. The van der Waals surface area contributed by atoms with Crippen LogP contribution in [0.15, 0.2) is 24.2 Å². The van der Waals surface area contributed by atoms with Crippen LogP contribution in [-0.2, 0) is 6.54 Å². The van der Waals surface area contributed by atoms with Crippen molar-refractivity contribution in [2.24, 2.45) is 0 Å². The molecule has 2 rings (SSSR count). The number of rotatable bonds is 4. The van der Waals surface area contributed by atoms with E-state index in [1.807, 2.05) is 17.7 Å². The summed E-state index contributed by atoms with van der Waals surface area (Å²) in [5.41, 5.74) is 1.56. The van der Waals surface area contributed by atoms with Crippen LogP contribution in [0.2, 0.25) is 0 Å². The third-order valence-corrected chi connectivity index (χ3v) is 2.61. The van der Waals surface area contributed by atoms with Gasteiger partial charge >= 0.3 is 6.03 Å². The summed E-state index contributed by atoms with van der Waals surface area (Å²) in [4.78, 5) is 15.5. The molecule has 0 aromatic carbocycles. The molecule has 2 amide bonds. The first-order valence-corrected chi connectivity index (χ1v) is 5.91. The van der Waals surface area contributed by atoms with Gasteiger partial charge in [0.1, 0.15) is 5.51 Å². The van der Waals surface area contributed by atoms with Crippen molar-refractivity contribution in [3.63, 3.8) is 0 Å². The van der Waals surface area contributed by atoms with E-state index in [0.717, 1.165) is 0 Å². The van der Waals surface area contributed by atoms with Crippen molar-refractivity contribution in [2.75, 3.05) is 5.32 Å². The maximum absolute atomic E-state index is 11.5. The molecule has 7 nitrogen and oxygen atoms in total. The predicted molar refractivity (Wildman–Crippen MR) is 63.8 cm³/mol. The fourth-order valence-electron chi connectivity index (χ4n) is 1.34. The molecule has 0 radical (unpaired) electrons. The fourth-order valence-corrected chi connectivity index (χ4v) is 1.78. The summed E-state index contributed by atoms with van der Waals surface area (Å²) >= 11 is 1.27. The van der Waals surface area contributed by atoms with Crippen molar-refractivity contribution < 1.29 is 4.79 Å². The lowest BCUT2D eigenvalue weighted by atomic mass is 10.3. The number of aromatic nitrogens is 4. The number of hydrogen-bond acceptors (Lipinski definition) is 5. The fraction of sp³-hybridized carbons (Fsp3) is 0.333. The first-order chi connectivity index (χ1) is 8.24. The second-order valence-corrected chi connectivity index (χ2v) is 4.34. The molecule has 2 heterocycles. The maximum atomic E-state index is 11.5. The van der Waals surface area contributed by atoms with E-state index in [1.54, 1.807) is 18.0 Å². The number of nitrogens with one attached hydrogen (secondary N) is 2. The van der Waals surface area contributed by atoms with Crippen LogP contribution in [0.5, 0.6) is 0 Å². The van der Waals surface area contributed by atoms with Gasteiger partial charge in [-0.05, 0) is 6.92 Å². The van der Waals surface area contributed by atoms with Crippen molar-refractivity contribution in [3.8, 4) is 0 Å². The Balaban J connectivity index is 1.78. The molecule has 0 fully saturated rings. The van der Waals surface area contributed by atoms with Crippen LogP contribution in [0.25, 0.3) is 0 Å². The third kappa shape index (κ3) is 3.52. The van der Waals surface area contributed by atoms with Gasteiger partial charge in [0.25, 0.3) is 0 Å². The summed E-state index contributed by atoms with van der Waals surface area (Å²) in [5, 5.41) is 13.2. The molecule has 0 aliphatic rings. The number of anilines is 1. The van der Waals surface area contributed by atoms with E-state index in [2.05, 4.69) is 25.8 Å². The van der Waals surface area contributed by atoms with Crippen LogP contribution >= 0.6 is 11.3 Å². The van der Waals surface area contributed by atoms with Crippen LogP contribution in [-0.4, -0.2) is 31.8 Å². The highest BCUT2D eigenvalue weighted by Gasteiger charge is 2.08. The first-order valence-electron chi connectivity index (χ1n) is 5.03. The van der Waals surface area contributed by atoms with E-state index < -0.39 is 0 Å². The minimum absolute atomic E-state index is 0.00267. The van der Waals surface area contributed by atoms with E-state index in [9.17, 15) is 4.79 Å². The van der Waals surface area contributed by atoms with E-state index >= 15 is 0 Å². The van der Waals surface area contributed by atoms with E-state index in [-0.39, 0.29) is 12.1 Å². The largest absolute Gasteiger partial charge is 0.335 e. The average Bonchev–Trinajstić information content (AvgIpc) is 2.90. The van der Waals surface area contributed by atoms with Crippen molar-refractivity contribution in [1.29, 1.82) is 0 Å². The molecule has 90 valence electrons. The zero-order valence-corrected chi connectivity index (χ0v) is 10.0. The molecule has 0 aliphatic heterocycles. The van der Waals surface area contributed by atoms with E-state index in [4.69, 9.17) is 0 Å². The Bertz CT molecular complexity index is 454. The Morgan fingerprint density at radius 1 is 1.65 bits per heavy atom. The Morgan fingerprint density at radius 3 is 3.18 bits per heavy atom. The van der Waals surface area contributed by atoms with E-state index in [1.165, 1.54) is 11.3 Å². The lowest BCUT2D eigenvalue weighted by Gasteiger charge is -2.13. The van der Waals surface area contributed by atoms with Crippen LogP contribution in [0.1, 0.15) is 6.92 Å². The lowest BCUT2D eigenvalue weighted by molar-refractivity contribution is 0.248. The van der Waals surface area contributed by atoms with Crippen LogP contribution in [0.3, 0.4) is 0 Å². The number of hydrogen-bond donors (Lipinski definition) is 2. The number of amides is 2. The molecule has 0 bridgehead atoms. The predicted octanol–water partition coefficient (Wildman–Crippen LogP) is 0.945. The summed E-state index contributed by atoms with van der Waals surface area (Å²) in [7, 11) is 0. The molecule has 17 heavy (non-hydrogen) atoms. The average molecular weight is 252 g/mol. The Hall–Kier alpha value is -1.96. The zero-order chi connectivity index (χ0) is 12.1. The van der Waals surface area contributed by atoms with Gasteiger partial charge in [0.05, 0.1) is 6.33 Å². The molecule has 2 aromatic rings. The van der Waals surface area contributed by atoms with Gasteiger partial charge in [0.15, 0.2) is 0 Å². The standard InChI is InChI=1S/C9H12N6OS/c1-7(4-15-3-2-10-5-15)12-8(16)13-9-14-11-6-17-9/h2-3,5-7H,4H2,1H3,(H2,12,13,14,16)/t7-/m1/s1. The quantitative estimate of drug-likeness (QED) is 0.848. The molecular formula is C9H12N6OS. The van der Waals surface area contributed by atoms with Crippen LogP contribution in [0, 0.1) is 0 Å². The maximum Gasteiger partial charge on any atom is 0.321 e. The van der Waals surface area contributed by atoms with Crippen LogP contribution < -0.4 is 10.6 Å². The van der Waals surface area contributed by atoms with Gasteiger partial charge < -0.3 is 9.88 Å². The minimum atomic E-state index is -0.283. The summed E-state index contributed by atoms with van der Waals surface area (Å²) in [6.07, 6.45) is 5.26. The number of carbonyl (C=O) groups is 1. The lowest BCUT2D eigenvalue weighted by Crippen LogP contribution is -2.38. The molecule has 0 spiro atoms. The van der Waals surface area contributed by atoms with Gasteiger partial charge in [-0.15, -0.1) is 10.2 Å². The molecule has 2 N–H and O–H groups in total. The minimum Gasteiger partial charge on any atom is -0.335 e. The van der Waals surface area contributed by atoms with Crippen molar-refractivity contribution >= 4 is 22.5 Å². The van der Waals surface area contributed by atoms with Gasteiger partial charge in [-0.3, -0.25) is 5.32 Å². The smallest absolute Gasteiger partial charge is 0.321 e. The highest BCUT2D eigenvalue weighted by molar-refractivity contribution is 7.13. The molecule has 0 unspecified atom stereocenters. The molecule has 0 saturated carbocycles. The van der Waals surface area contributed by atoms with Gasteiger partial charge in [-0.1, -0.05) is 11.3 Å². The van der Waals surface area contributed by atoms with Gasteiger partial charge in [-0.25, -0.2) is 9.78 Å². The van der Waals surface area contributed by atoms with Crippen molar-refractivity contribution in [3.05, 3.63) is 24.2 Å². The number of urea groups is 1. The number of carbonyl (C=O) groups excluding carboxylic acids is 1. The summed E-state index contributed by atoms with van der Waals surface area (Å²) in [5.74, 6) is 0.